The van der Waals surface area contributed by atoms with Crippen LogP contribution in [-0.2, 0) is 17.6 Å². The number of rotatable bonds is 6. The summed E-state index contributed by atoms with van der Waals surface area (Å²) in [4.78, 5) is 12.3. The highest BCUT2D eigenvalue weighted by atomic mass is 16.5. The second kappa shape index (κ2) is 9.20. The van der Waals surface area contributed by atoms with E-state index in [1.807, 2.05) is 30.3 Å². The van der Waals surface area contributed by atoms with Crippen molar-refractivity contribution >= 4 is 5.97 Å². The summed E-state index contributed by atoms with van der Waals surface area (Å²) in [5.74, 6) is -0.741. The molecule has 166 valence electrons. The van der Waals surface area contributed by atoms with Gasteiger partial charge >= 0.3 is 5.97 Å². The van der Waals surface area contributed by atoms with Gasteiger partial charge < -0.3 is 29.9 Å². The number of aliphatic hydroxyl groups is 1. The number of phenolic OH excluding ortho intramolecular Hbond substituents is 3. The van der Waals surface area contributed by atoms with Gasteiger partial charge in [0.25, 0.3) is 0 Å². The number of benzene rings is 3. The van der Waals surface area contributed by atoms with Crippen LogP contribution < -0.4 is 9.47 Å². The summed E-state index contributed by atoms with van der Waals surface area (Å²) in [6.07, 6.45) is -0.0860. The highest BCUT2D eigenvalue weighted by molar-refractivity contribution is 5.73. The van der Waals surface area contributed by atoms with E-state index in [1.165, 1.54) is 30.3 Å². The number of carbonyl (C=O) groups is 1. The van der Waals surface area contributed by atoms with Gasteiger partial charge in [-0.3, -0.25) is 4.79 Å². The number of esters is 1. The van der Waals surface area contributed by atoms with Gasteiger partial charge in [-0.15, -0.1) is 0 Å². The zero-order chi connectivity index (χ0) is 22.7. The fraction of sp³-hybridized carbons (Fsp3) is 0.240. The van der Waals surface area contributed by atoms with Crippen LogP contribution in [0.2, 0.25) is 0 Å². The Morgan fingerprint density at radius 1 is 0.969 bits per heavy atom. The van der Waals surface area contributed by atoms with Crippen LogP contribution in [0.25, 0.3) is 0 Å². The van der Waals surface area contributed by atoms with Gasteiger partial charge in [0.2, 0.25) is 0 Å². The van der Waals surface area contributed by atoms with Crippen LogP contribution in [0.5, 0.6) is 28.7 Å². The molecule has 1 aliphatic heterocycles. The van der Waals surface area contributed by atoms with Gasteiger partial charge in [-0.05, 0) is 36.1 Å². The third-order valence-electron chi connectivity index (χ3n) is 5.42. The Bertz CT molecular complexity index is 1110. The van der Waals surface area contributed by atoms with E-state index < -0.39 is 18.2 Å². The van der Waals surface area contributed by atoms with E-state index in [9.17, 15) is 25.2 Å². The summed E-state index contributed by atoms with van der Waals surface area (Å²) < 4.78 is 11.3. The number of carbonyl (C=O) groups excluding carboxylic acids is 1. The molecule has 3 aromatic rings. The molecule has 0 fully saturated rings. The summed E-state index contributed by atoms with van der Waals surface area (Å²) in [6.45, 7) is 0. The Labute approximate surface area is 185 Å². The summed E-state index contributed by atoms with van der Waals surface area (Å²) >= 11 is 0. The highest BCUT2D eigenvalue weighted by Crippen LogP contribution is 2.43. The van der Waals surface area contributed by atoms with Crippen molar-refractivity contribution in [2.45, 2.75) is 37.9 Å². The summed E-state index contributed by atoms with van der Waals surface area (Å²) in [5, 5.41) is 40.1. The lowest BCUT2D eigenvalue weighted by Gasteiger charge is -2.31. The number of aromatic hydroxyl groups is 3. The van der Waals surface area contributed by atoms with Crippen molar-refractivity contribution in [3.63, 3.8) is 0 Å². The lowest BCUT2D eigenvalue weighted by atomic mass is 9.94. The number of hydrogen-bond acceptors (Lipinski definition) is 7. The third kappa shape index (κ3) is 4.78. The van der Waals surface area contributed by atoms with Crippen LogP contribution in [0.3, 0.4) is 0 Å². The summed E-state index contributed by atoms with van der Waals surface area (Å²) in [7, 11) is 0. The molecule has 32 heavy (non-hydrogen) atoms. The standard InChI is InChI=1S/C25H24O7/c26-19-10-9-16(11-21(19)28)25-22(29)14-18-20(27)12-17(13-23(18)32-25)31-24(30)8-4-7-15-5-2-1-3-6-15/h1-3,5-6,9-13,22,25-29H,4,7-8,14H2/t22-,25-/m0/s1. The monoisotopic (exact) mass is 436 g/mol. The first-order valence-electron chi connectivity index (χ1n) is 10.4. The van der Waals surface area contributed by atoms with E-state index in [0.29, 0.717) is 17.5 Å². The Hall–Kier alpha value is -3.71. The fourth-order valence-corrected chi connectivity index (χ4v) is 3.78. The second-order valence-electron chi connectivity index (χ2n) is 7.79. The molecule has 2 atom stereocenters. The molecule has 0 unspecified atom stereocenters. The maximum Gasteiger partial charge on any atom is 0.311 e. The van der Waals surface area contributed by atoms with E-state index >= 15 is 0 Å². The Kier molecular flexibility index (Phi) is 6.18. The molecule has 0 aliphatic carbocycles. The normalized spacial score (nSPS) is 17.3. The van der Waals surface area contributed by atoms with Crippen molar-refractivity contribution in [1.82, 2.24) is 0 Å². The first-order chi connectivity index (χ1) is 15.4. The molecule has 0 amide bonds. The van der Waals surface area contributed by atoms with Gasteiger partial charge in [-0.25, -0.2) is 0 Å². The van der Waals surface area contributed by atoms with Gasteiger partial charge in [0.15, 0.2) is 11.5 Å². The van der Waals surface area contributed by atoms with Crippen molar-refractivity contribution in [2.24, 2.45) is 0 Å². The van der Waals surface area contributed by atoms with Crippen LogP contribution in [-0.4, -0.2) is 32.5 Å². The minimum Gasteiger partial charge on any atom is -0.507 e. The Morgan fingerprint density at radius 2 is 1.75 bits per heavy atom. The van der Waals surface area contributed by atoms with Gasteiger partial charge in [-0.1, -0.05) is 36.4 Å². The molecule has 1 heterocycles. The first kappa shape index (κ1) is 21.5. The molecule has 7 heteroatoms. The number of aliphatic hydroxyl groups excluding tert-OH is 1. The van der Waals surface area contributed by atoms with Crippen molar-refractivity contribution in [2.75, 3.05) is 0 Å². The van der Waals surface area contributed by atoms with Gasteiger partial charge in [-0.2, -0.15) is 0 Å². The first-order valence-corrected chi connectivity index (χ1v) is 10.4. The predicted molar refractivity (Wildman–Crippen MR) is 116 cm³/mol. The Balaban J connectivity index is 1.44. The van der Waals surface area contributed by atoms with Crippen molar-refractivity contribution in [3.05, 3.63) is 77.4 Å². The minimum absolute atomic E-state index is 0.110. The maximum absolute atomic E-state index is 12.3. The van der Waals surface area contributed by atoms with E-state index in [-0.39, 0.29) is 41.6 Å². The molecule has 3 aromatic carbocycles. The van der Waals surface area contributed by atoms with E-state index in [1.54, 1.807) is 0 Å². The molecule has 0 aromatic heterocycles. The van der Waals surface area contributed by atoms with Crippen LogP contribution in [0.1, 0.15) is 35.6 Å². The SMILES string of the molecule is O=C(CCCc1ccccc1)Oc1cc(O)c2c(c1)O[C@@H](c1ccc(O)c(O)c1)[C@@H](O)C2. The molecule has 0 radical (unpaired) electrons. The summed E-state index contributed by atoms with van der Waals surface area (Å²) in [5.41, 5.74) is 2.01. The average Bonchev–Trinajstić information content (AvgIpc) is 2.77. The molecular weight excluding hydrogens is 412 g/mol. The Morgan fingerprint density at radius 3 is 2.50 bits per heavy atom. The van der Waals surface area contributed by atoms with E-state index in [4.69, 9.17) is 9.47 Å². The highest BCUT2D eigenvalue weighted by Gasteiger charge is 2.32. The molecule has 7 nitrogen and oxygen atoms in total. The maximum atomic E-state index is 12.3. The summed E-state index contributed by atoms with van der Waals surface area (Å²) in [6, 6.07) is 16.8. The van der Waals surface area contributed by atoms with Crippen molar-refractivity contribution in [1.29, 1.82) is 0 Å². The van der Waals surface area contributed by atoms with Crippen LogP contribution in [0.15, 0.2) is 60.7 Å². The molecular formula is C25H24O7. The number of aryl methyl sites for hydroxylation is 1. The van der Waals surface area contributed by atoms with E-state index in [0.717, 1.165) is 12.0 Å². The quantitative estimate of drug-likeness (QED) is 0.264. The van der Waals surface area contributed by atoms with Gasteiger partial charge in [0.1, 0.15) is 23.4 Å². The molecule has 4 N–H and O–H groups in total. The minimum atomic E-state index is -0.983. The zero-order valence-electron chi connectivity index (χ0n) is 17.3. The number of fused-ring (bicyclic) bond motifs is 1. The molecule has 0 saturated carbocycles. The molecule has 1 aliphatic rings. The smallest absolute Gasteiger partial charge is 0.311 e. The number of ether oxygens (including phenoxy) is 2. The van der Waals surface area contributed by atoms with Crippen molar-refractivity contribution in [3.8, 4) is 28.7 Å². The van der Waals surface area contributed by atoms with Crippen molar-refractivity contribution < 1.29 is 34.7 Å². The van der Waals surface area contributed by atoms with Crippen LogP contribution >= 0.6 is 0 Å². The molecule has 0 spiro atoms. The van der Waals surface area contributed by atoms with Gasteiger partial charge in [0, 0.05) is 30.5 Å². The second-order valence-corrected chi connectivity index (χ2v) is 7.79. The van der Waals surface area contributed by atoms with E-state index in [2.05, 4.69) is 0 Å². The van der Waals surface area contributed by atoms with Crippen LogP contribution in [0, 0.1) is 0 Å². The zero-order valence-corrected chi connectivity index (χ0v) is 17.3. The lowest BCUT2D eigenvalue weighted by molar-refractivity contribution is -0.134. The fourth-order valence-electron chi connectivity index (χ4n) is 3.78. The molecule has 4 rings (SSSR count). The molecule has 0 bridgehead atoms. The molecule has 0 saturated heterocycles. The average molecular weight is 436 g/mol. The third-order valence-corrected chi connectivity index (χ3v) is 5.42. The number of phenols is 3. The lowest BCUT2D eigenvalue weighted by Crippen LogP contribution is -2.30. The predicted octanol–water partition coefficient (Wildman–Crippen LogP) is 3.77. The number of hydrogen-bond donors (Lipinski definition) is 4. The van der Waals surface area contributed by atoms with Crippen LogP contribution in [0.4, 0.5) is 0 Å². The topological polar surface area (TPSA) is 116 Å². The largest absolute Gasteiger partial charge is 0.507 e. The van der Waals surface area contributed by atoms with Gasteiger partial charge in [0.05, 0.1) is 6.10 Å².